The SMILES string of the molecule is COc1ccc([C@H](CNC(=O)c2cc(=O)c3ccc(C)c(C)c3o2)N2CCCC2)cc1. The fraction of sp³-hybridized carbons (Fsp3) is 0.360. The molecule has 1 aliphatic rings. The van der Waals surface area contributed by atoms with Crippen LogP contribution in [0.15, 0.2) is 51.7 Å². The number of carbonyl (C=O) groups is 1. The van der Waals surface area contributed by atoms with Crippen LogP contribution < -0.4 is 15.5 Å². The van der Waals surface area contributed by atoms with Gasteiger partial charge in [-0.3, -0.25) is 14.5 Å². The van der Waals surface area contributed by atoms with Crippen molar-refractivity contribution < 1.29 is 13.9 Å². The topological polar surface area (TPSA) is 71.8 Å². The zero-order chi connectivity index (χ0) is 22.0. The minimum Gasteiger partial charge on any atom is -0.497 e. The summed E-state index contributed by atoms with van der Waals surface area (Å²) in [7, 11) is 1.65. The lowest BCUT2D eigenvalue weighted by molar-refractivity contribution is 0.0910. The number of likely N-dealkylation sites (tertiary alicyclic amines) is 1. The van der Waals surface area contributed by atoms with Gasteiger partial charge in [-0.1, -0.05) is 18.2 Å². The molecule has 1 atom stereocenters. The quantitative estimate of drug-likeness (QED) is 0.653. The molecule has 4 rings (SSSR count). The molecular weight excluding hydrogens is 392 g/mol. The number of amides is 1. The highest BCUT2D eigenvalue weighted by atomic mass is 16.5. The number of hydrogen-bond acceptors (Lipinski definition) is 5. The predicted molar refractivity (Wildman–Crippen MR) is 121 cm³/mol. The average molecular weight is 421 g/mol. The third kappa shape index (κ3) is 4.35. The van der Waals surface area contributed by atoms with Crippen molar-refractivity contribution >= 4 is 16.9 Å². The maximum absolute atomic E-state index is 12.9. The Morgan fingerprint density at radius 2 is 1.84 bits per heavy atom. The molecule has 0 unspecified atom stereocenters. The van der Waals surface area contributed by atoms with Gasteiger partial charge in [0, 0.05) is 12.6 Å². The third-order valence-corrected chi connectivity index (χ3v) is 6.18. The summed E-state index contributed by atoms with van der Waals surface area (Å²) in [6.07, 6.45) is 2.30. The molecule has 1 saturated heterocycles. The van der Waals surface area contributed by atoms with Gasteiger partial charge in [-0.2, -0.15) is 0 Å². The van der Waals surface area contributed by atoms with Crippen molar-refractivity contribution in [2.75, 3.05) is 26.7 Å². The van der Waals surface area contributed by atoms with Crippen molar-refractivity contribution in [3.05, 3.63) is 75.1 Å². The molecule has 0 saturated carbocycles. The molecule has 0 radical (unpaired) electrons. The molecule has 0 aliphatic carbocycles. The van der Waals surface area contributed by atoms with E-state index in [4.69, 9.17) is 9.15 Å². The van der Waals surface area contributed by atoms with E-state index in [0.29, 0.717) is 17.5 Å². The Bertz CT molecular complexity index is 1140. The molecule has 0 bridgehead atoms. The number of nitrogens with zero attached hydrogens (tertiary/aromatic N) is 1. The van der Waals surface area contributed by atoms with Crippen LogP contribution in [0.25, 0.3) is 11.0 Å². The normalized spacial score (nSPS) is 15.2. The Morgan fingerprint density at radius 3 is 2.52 bits per heavy atom. The maximum atomic E-state index is 12.9. The van der Waals surface area contributed by atoms with Crippen molar-refractivity contribution in [2.24, 2.45) is 0 Å². The Balaban J connectivity index is 1.57. The molecule has 1 N–H and O–H groups in total. The number of rotatable bonds is 6. The summed E-state index contributed by atoms with van der Waals surface area (Å²) in [5, 5.41) is 3.48. The van der Waals surface area contributed by atoms with Crippen molar-refractivity contribution in [3.63, 3.8) is 0 Å². The highest BCUT2D eigenvalue weighted by Crippen LogP contribution is 2.26. The number of hydrogen-bond donors (Lipinski definition) is 1. The molecule has 2 heterocycles. The summed E-state index contributed by atoms with van der Waals surface area (Å²) in [4.78, 5) is 27.8. The summed E-state index contributed by atoms with van der Waals surface area (Å²) in [5.74, 6) is 0.468. The first-order valence-corrected chi connectivity index (χ1v) is 10.7. The fourth-order valence-electron chi connectivity index (χ4n) is 4.18. The first-order chi connectivity index (χ1) is 15.0. The van der Waals surface area contributed by atoms with Crippen LogP contribution in [-0.2, 0) is 0 Å². The Labute approximate surface area is 181 Å². The van der Waals surface area contributed by atoms with Gasteiger partial charge in [0.15, 0.2) is 11.2 Å². The van der Waals surface area contributed by atoms with Crippen LogP contribution in [0.5, 0.6) is 5.75 Å². The van der Waals surface area contributed by atoms with Crippen molar-refractivity contribution in [2.45, 2.75) is 32.7 Å². The van der Waals surface area contributed by atoms with Crippen LogP contribution in [0, 0.1) is 13.8 Å². The molecule has 2 aromatic carbocycles. The van der Waals surface area contributed by atoms with E-state index >= 15 is 0 Å². The predicted octanol–water partition coefficient (Wildman–Crippen LogP) is 3.99. The first kappa shape index (κ1) is 21.1. The molecule has 31 heavy (non-hydrogen) atoms. The van der Waals surface area contributed by atoms with Crippen molar-refractivity contribution in [1.29, 1.82) is 0 Å². The van der Waals surface area contributed by atoms with E-state index in [1.807, 2.05) is 44.2 Å². The molecule has 1 aliphatic heterocycles. The van der Waals surface area contributed by atoms with E-state index in [9.17, 15) is 9.59 Å². The van der Waals surface area contributed by atoms with E-state index in [-0.39, 0.29) is 23.1 Å². The van der Waals surface area contributed by atoms with Crippen LogP contribution in [0.1, 0.15) is 46.1 Å². The zero-order valence-electron chi connectivity index (χ0n) is 18.2. The van der Waals surface area contributed by atoms with Crippen molar-refractivity contribution in [1.82, 2.24) is 10.2 Å². The molecule has 1 aromatic heterocycles. The van der Waals surface area contributed by atoms with Crippen LogP contribution in [-0.4, -0.2) is 37.6 Å². The molecular formula is C25H28N2O4. The Kier molecular flexibility index (Phi) is 6.09. The summed E-state index contributed by atoms with van der Waals surface area (Å²) >= 11 is 0. The summed E-state index contributed by atoms with van der Waals surface area (Å²) in [6.45, 7) is 6.28. The number of benzene rings is 2. The molecule has 1 amide bonds. The van der Waals surface area contributed by atoms with Gasteiger partial charge in [-0.05, 0) is 74.7 Å². The van der Waals surface area contributed by atoms with E-state index in [0.717, 1.165) is 48.4 Å². The monoisotopic (exact) mass is 420 g/mol. The van der Waals surface area contributed by atoms with E-state index in [1.165, 1.54) is 6.07 Å². The number of aryl methyl sites for hydroxylation is 2. The summed E-state index contributed by atoms with van der Waals surface area (Å²) < 4.78 is 11.1. The van der Waals surface area contributed by atoms with Gasteiger partial charge in [0.2, 0.25) is 0 Å². The van der Waals surface area contributed by atoms with Crippen LogP contribution in [0.4, 0.5) is 0 Å². The lowest BCUT2D eigenvalue weighted by Crippen LogP contribution is -2.37. The number of methoxy groups -OCH3 is 1. The van der Waals surface area contributed by atoms with Crippen LogP contribution in [0.3, 0.4) is 0 Å². The smallest absolute Gasteiger partial charge is 0.287 e. The highest BCUT2D eigenvalue weighted by molar-refractivity contribution is 5.93. The van der Waals surface area contributed by atoms with Gasteiger partial charge in [0.1, 0.15) is 11.3 Å². The summed E-state index contributed by atoms with van der Waals surface area (Å²) in [6, 6.07) is 12.9. The number of nitrogens with one attached hydrogen (secondary N) is 1. The first-order valence-electron chi connectivity index (χ1n) is 10.7. The Morgan fingerprint density at radius 1 is 1.13 bits per heavy atom. The van der Waals surface area contributed by atoms with Crippen LogP contribution >= 0.6 is 0 Å². The second-order valence-corrected chi connectivity index (χ2v) is 8.10. The minimum atomic E-state index is -0.377. The lowest BCUT2D eigenvalue weighted by Gasteiger charge is -2.28. The van der Waals surface area contributed by atoms with Gasteiger partial charge < -0.3 is 14.5 Å². The van der Waals surface area contributed by atoms with E-state index in [1.54, 1.807) is 13.2 Å². The second-order valence-electron chi connectivity index (χ2n) is 8.10. The maximum Gasteiger partial charge on any atom is 0.287 e. The van der Waals surface area contributed by atoms with Gasteiger partial charge in [0.05, 0.1) is 18.5 Å². The minimum absolute atomic E-state index is 0.0427. The largest absolute Gasteiger partial charge is 0.497 e. The molecule has 0 spiro atoms. The molecule has 6 nitrogen and oxygen atoms in total. The Hall–Kier alpha value is -3.12. The third-order valence-electron chi connectivity index (χ3n) is 6.18. The van der Waals surface area contributed by atoms with Gasteiger partial charge >= 0.3 is 0 Å². The van der Waals surface area contributed by atoms with Gasteiger partial charge in [-0.15, -0.1) is 0 Å². The average Bonchev–Trinajstić information content (AvgIpc) is 3.31. The lowest BCUT2D eigenvalue weighted by atomic mass is 10.0. The van der Waals surface area contributed by atoms with Gasteiger partial charge in [0.25, 0.3) is 5.91 Å². The van der Waals surface area contributed by atoms with Crippen molar-refractivity contribution in [3.8, 4) is 5.75 Å². The standard InChI is InChI=1S/C25H28N2O4/c1-16-6-11-20-22(28)14-23(31-24(20)17(16)2)25(29)26-15-21(27-12-4-5-13-27)18-7-9-19(30-3)10-8-18/h6-11,14,21H,4-5,12-13,15H2,1-3H3,(H,26,29)/t21-/m0/s1. The van der Waals surface area contributed by atoms with Gasteiger partial charge in [-0.25, -0.2) is 0 Å². The number of ether oxygens (including phenoxy) is 1. The molecule has 162 valence electrons. The second kappa shape index (κ2) is 8.94. The molecule has 3 aromatic rings. The number of fused-ring (bicyclic) bond motifs is 1. The highest BCUT2D eigenvalue weighted by Gasteiger charge is 2.25. The number of carbonyl (C=O) groups excluding carboxylic acids is 1. The zero-order valence-corrected chi connectivity index (χ0v) is 18.2. The van der Waals surface area contributed by atoms with E-state index < -0.39 is 0 Å². The fourth-order valence-corrected chi connectivity index (χ4v) is 4.18. The molecule has 1 fully saturated rings. The van der Waals surface area contributed by atoms with E-state index in [2.05, 4.69) is 10.2 Å². The molecule has 6 heteroatoms. The summed E-state index contributed by atoms with van der Waals surface area (Å²) in [5.41, 5.74) is 3.28. The van der Waals surface area contributed by atoms with Crippen LogP contribution in [0.2, 0.25) is 0 Å².